The quantitative estimate of drug-likeness (QED) is 0.837. The number of aryl methyl sites for hydroxylation is 1. The molecular weight excluding hydrogens is 228 g/mol. The molecular formula is C12H17F2NO2. The molecule has 17 heavy (non-hydrogen) atoms. The Labute approximate surface area is 99.5 Å². The molecule has 0 aliphatic heterocycles. The zero-order valence-corrected chi connectivity index (χ0v) is 9.95. The maximum Gasteiger partial charge on any atom is 0.387 e. The number of methoxy groups -OCH3 is 1. The normalized spacial score (nSPS) is 12.6. The summed E-state index contributed by atoms with van der Waals surface area (Å²) in [4.78, 5) is 0. The molecule has 0 saturated heterocycles. The molecule has 1 unspecified atom stereocenters. The molecule has 1 aromatic rings. The van der Waals surface area contributed by atoms with E-state index in [0.29, 0.717) is 24.2 Å². The van der Waals surface area contributed by atoms with Gasteiger partial charge in [-0.05, 0) is 31.4 Å². The second-order valence-corrected chi connectivity index (χ2v) is 3.84. The van der Waals surface area contributed by atoms with Crippen LogP contribution in [0, 0.1) is 0 Å². The van der Waals surface area contributed by atoms with Crippen molar-refractivity contribution in [2.45, 2.75) is 32.4 Å². The van der Waals surface area contributed by atoms with Crippen LogP contribution in [0.1, 0.15) is 18.9 Å². The molecule has 0 aromatic heterocycles. The highest BCUT2D eigenvalue weighted by Crippen LogP contribution is 2.33. The number of hydrogen-bond acceptors (Lipinski definition) is 3. The minimum Gasteiger partial charge on any atom is -0.493 e. The topological polar surface area (TPSA) is 44.5 Å². The summed E-state index contributed by atoms with van der Waals surface area (Å²) in [6, 6.07) is 5.09. The van der Waals surface area contributed by atoms with Gasteiger partial charge in [-0.15, -0.1) is 0 Å². The molecule has 0 spiro atoms. The highest BCUT2D eigenvalue weighted by Gasteiger charge is 2.15. The fourth-order valence-electron chi connectivity index (χ4n) is 1.52. The highest BCUT2D eigenvalue weighted by molar-refractivity contribution is 5.46. The molecule has 0 heterocycles. The minimum absolute atomic E-state index is 0.0144. The van der Waals surface area contributed by atoms with E-state index in [1.807, 2.05) is 6.92 Å². The van der Waals surface area contributed by atoms with Crippen molar-refractivity contribution in [3.8, 4) is 11.5 Å². The van der Waals surface area contributed by atoms with E-state index in [9.17, 15) is 8.78 Å². The van der Waals surface area contributed by atoms with Crippen molar-refractivity contribution < 1.29 is 18.3 Å². The van der Waals surface area contributed by atoms with Crippen LogP contribution in [0.2, 0.25) is 0 Å². The summed E-state index contributed by atoms with van der Waals surface area (Å²) in [5, 5.41) is 0. The Bertz CT molecular complexity index is 356. The highest BCUT2D eigenvalue weighted by atomic mass is 19.3. The van der Waals surface area contributed by atoms with Crippen molar-refractivity contribution in [2.24, 2.45) is 5.73 Å². The fraction of sp³-hybridized carbons (Fsp3) is 0.500. The van der Waals surface area contributed by atoms with Gasteiger partial charge in [0.2, 0.25) is 0 Å². The standard InChI is InChI=1S/C12H17F2NO2/c1-8(15)6-7-9-4-3-5-10(16-2)11(9)17-12(13)14/h3-5,8,12H,6-7,15H2,1-2H3. The molecule has 96 valence electrons. The number of nitrogens with two attached hydrogens (primary N) is 1. The van der Waals surface area contributed by atoms with Crippen LogP contribution >= 0.6 is 0 Å². The summed E-state index contributed by atoms with van der Waals surface area (Å²) in [7, 11) is 1.42. The molecule has 0 saturated carbocycles. The molecule has 2 N–H and O–H groups in total. The van der Waals surface area contributed by atoms with Crippen LogP contribution in [0.15, 0.2) is 18.2 Å². The lowest BCUT2D eigenvalue weighted by molar-refractivity contribution is -0.0518. The van der Waals surface area contributed by atoms with Gasteiger partial charge in [-0.25, -0.2) is 0 Å². The van der Waals surface area contributed by atoms with Gasteiger partial charge in [-0.1, -0.05) is 12.1 Å². The average molecular weight is 245 g/mol. The summed E-state index contributed by atoms with van der Waals surface area (Å²) in [6.45, 7) is -0.992. The predicted octanol–water partition coefficient (Wildman–Crippen LogP) is 2.58. The van der Waals surface area contributed by atoms with E-state index in [1.165, 1.54) is 7.11 Å². The largest absolute Gasteiger partial charge is 0.493 e. The van der Waals surface area contributed by atoms with Crippen LogP contribution in [-0.2, 0) is 6.42 Å². The van der Waals surface area contributed by atoms with Crippen LogP contribution in [0.25, 0.3) is 0 Å². The predicted molar refractivity (Wildman–Crippen MR) is 61.6 cm³/mol. The summed E-state index contributed by atoms with van der Waals surface area (Å²) in [6.07, 6.45) is 1.28. The molecule has 1 aromatic carbocycles. The fourth-order valence-corrected chi connectivity index (χ4v) is 1.52. The SMILES string of the molecule is COc1cccc(CCC(C)N)c1OC(F)F. The third-order valence-electron chi connectivity index (χ3n) is 2.36. The third-order valence-corrected chi connectivity index (χ3v) is 2.36. The van der Waals surface area contributed by atoms with Crippen molar-refractivity contribution in [1.82, 2.24) is 0 Å². The number of ether oxygens (including phenoxy) is 2. The van der Waals surface area contributed by atoms with E-state index in [1.54, 1.807) is 18.2 Å². The van der Waals surface area contributed by atoms with Crippen molar-refractivity contribution in [1.29, 1.82) is 0 Å². The molecule has 0 fully saturated rings. The van der Waals surface area contributed by atoms with Crippen molar-refractivity contribution in [3.63, 3.8) is 0 Å². The third kappa shape index (κ3) is 4.19. The summed E-state index contributed by atoms with van der Waals surface area (Å²) in [5.41, 5.74) is 6.32. The van der Waals surface area contributed by atoms with E-state index in [4.69, 9.17) is 10.5 Å². The number of alkyl halides is 2. The van der Waals surface area contributed by atoms with Crippen molar-refractivity contribution in [2.75, 3.05) is 7.11 Å². The Morgan fingerprint density at radius 1 is 1.35 bits per heavy atom. The summed E-state index contributed by atoms with van der Waals surface area (Å²) >= 11 is 0. The molecule has 0 amide bonds. The zero-order chi connectivity index (χ0) is 12.8. The van der Waals surface area contributed by atoms with Gasteiger partial charge in [0, 0.05) is 6.04 Å². The Kier molecular flexibility index (Phi) is 5.15. The van der Waals surface area contributed by atoms with Gasteiger partial charge in [-0.3, -0.25) is 0 Å². The van der Waals surface area contributed by atoms with Crippen LogP contribution < -0.4 is 15.2 Å². The van der Waals surface area contributed by atoms with Gasteiger partial charge in [0.05, 0.1) is 7.11 Å². The molecule has 3 nitrogen and oxygen atoms in total. The first-order chi connectivity index (χ1) is 8.04. The Morgan fingerprint density at radius 3 is 2.59 bits per heavy atom. The molecule has 1 rings (SSSR count). The van der Waals surface area contributed by atoms with Gasteiger partial charge >= 0.3 is 6.61 Å². The number of para-hydroxylation sites is 1. The lowest BCUT2D eigenvalue weighted by atomic mass is 10.1. The van der Waals surface area contributed by atoms with E-state index in [-0.39, 0.29) is 11.8 Å². The first-order valence-corrected chi connectivity index (χ1v) is 5.41. The second-order valence-electron chi connectivity index (χ2n) is 3.84. The van der Waals surface area contributed by atoms with Crippen LogP contribution in [0.5, 0.6) is 11.5 Å². The van der Waals surface area contributed by atoms with Crippen LogP contribution in [0.3, 0.4) is 0 Å². The first-order valence-electron chi connectivity index (χ1n) is 5.41. The van der Waals surface area contributed by atoms with Gasteiger partial charge in [-0.2, -0.15) is 8.78 Å². The average Bonchev–Trinajstić information content (AvgIpc) is 2.26. The van der Waals surface area contributed by atoms with Crippen molar-refractivity contribution >= 4 is 0 Å². The van der Waals surface area contributed by atoms with E-state index < -0.39 is 6.61 Å². The Balaban J connectivity index is 2.93. The van der Waals surface area contributed by atoms with E-state index >= 15 is 0 Å². The minimum atomic E-state index is -2.86. The molecule has 5 heteroatoms. The lowest BCUT2D eigenvalue weighted by Crippen LogP contribution is -2.16. The number of halogens is 2. The van der Waals surface area contributed by atoms with E-state index in [2.05, 4.69) is 4.74 Å². The molecule has 0 bridgehead atoms. The van der Waals surface area contributed by atoms with Gasteiger partial charge in [0.15, 0.2) is 11.5 Å². The van der Waals surface area contributed by atoms with Crippen molar-refractivity contribution in [3.05, 3.63) is 23.8 Å². The van der Waals surface area contributed by atoms with Gasteiger partial charge in [0.1, 0.15) is 0 Å². The lowest BCUT2D eigenvalue weighted by Gasteiger charge is -2.14. The van der Waals surface area contributed by atoms with Crippen LogP contribution in [-0.4, -0.2) is 19.8 Å². The smallest absolute Gasteiger partial charge is 0.387 e. The van der Waals surface area contributed by atoms with Crippen LogP contribution in [0.4, 0.5) is 8.78 Å². The Morgan fingerprint density at radius 2 is 2.06 bits per heavy atom. The first kappa shape index (κ1) is 13.7. The monoisotopic (exact) mass is 245 g/mol. The maximum absolute atomic E-state index is 12.3. The second kappa shape index (κ2) is 6.39. The Hall–Kier alpha value is -1.36. The molecule has 0 aliphatic rings. The molecule has 0 radical (unpaired) electrons. The number of rotatable bonds is 6. The van der Waals surface area contributed by atoms with E-state index in [0.717, 1.165) is 0 Å². The molecule has 1 atom stereocenters. The zero-order valence-electron chi connectivity index (χ0n) is 9.95. The maximum atomic E-state index is 12.3. The van der Waals surface area contributed by atoms with Gasteiger partial charge in [0.25, 0.3) is 0 Å². The molecule has 0 aliphatic carbocycles. The summed E-state index contributed by atoms with van der Waals surface area (Å²) in [5.74, 6) is 0.415. The number of hydrogen-bond donors (Lipinski definition) is 1. The van der Waals surface area contributed by atoms with Gasteiger partial charge < -0.3 is 15.2 Å². The number of benzene rings is 1. The summed E-state index contributed by atoms with van der Waals surface area (Å²) < 4.78 is 34.1.